The van der Waals surface area contributed by atoms with E-state index in [9.17, 15) is 0 Å². The molecule has 0 aliphatic carbocycles. The van der Waals surface area contributed by atoms with E-state index in [4.69, 9.17) is 15.0 Å². The zero-order chi connectivity index (χ0) is 41.0. The summed E-state index contributed by atoms with van der Waals surface area (Å²) in [5.41, 5.74) is 12.6. The van der Waals surface area contributed by atoms with Crippen molar-refractivity contribution in [3.8, 4) is 78.7 Å². The lowest BCUT2D eigenvalue weighted by atomic mass is 9.92. The van der Waals surface area contributed by atoms with Crippen molar-refractivity contribution < 1.29 is 0 Å². The quantitative estimate of drug-likeness (QED) is 0.161. The molecule has 0 saturated carbocycles. The molecule has 62 heavy (non-hydrogen) atoms. The smallest absolute Gasteiger partial charge is 0.164 e. The molecule has 9 aromatic carbocycles. The molecule has 290 valence electrons. The predicted octanol–water partition coefficient (Wildman–Crippen LogP) is 16.3. The van der Waals surface area contributed by atoms with Crippen molar-refractivity contribution in [1.82, 2.24) is 15.0 Å². The Labute approximate surface area is 366 Å². The maximum absolute atomic E-state index is 5.45. The molecule has 0 atom stereocenters. The Kier molecular flexibility index (Phi) is 8.87. The molecule has 0 amide bonds. The van der Waals surface area contributed by atoms with Gasteiger partial charge in [-0.25, -0.2) is 15.0 Å². The van der Waals surface area contributed by atoms with E-state index in [1.54, 1.807) is 0 Å². The number of hydrogen-bond acceptors (Lipinski definition) is 5. The summed E-state index contributed by atoms with van der Waals surface area (Å²) in [5.74, 6) is 1.95. The summed E-state index contributed by atoms with van der Waals surface area (Å²) in [4.78, 5) is 16.0. The van der Waals surface area contributed by atoms with E-state index in [1.807, 2.05) is 40.9 Å². The van der Waals surface area contributed by atoms with E-state index >= 15 is 0 Å². The molecule has 5 heteroatoms. The normalized spacial score (nSPS) is 11.5. The zero-order valence-electron chi connectivity index (χ0n) is 33.4. The van der Waals surface area contributed by atoms with Gasteiger partial charge in [-0.2, -0.15) is 0 Å². The molecule has 0 spiro atoms. The number of rotatable bonds is 7. The fourth-order valence-electron chi connectivity index (χ4n) is 8.98. The molecule has 0 saturated heterocycles. The second kappa shape index (κ2) is 15.2. The van der Waals surface area contributed by atoms with E-state index in [0.29, 0.717) is 17.5 Å². The molecule has 0 bridgehead atoms. The first-order chi connectivity index (χ1) is 30.8. The van der Waals surface area contributed by atoms with E-state index in [2.05, 4.69) is 194 Å². The van der Waals surface area contributed by atoms with Gasteiger partial charge in [0.15, 0.2) is 17.5 Å². The molecule has 0 unspecified atom stereocenters. The average Bonchev–Trinajstić information content (AvgIpc) is 3.93. The van der Waals surface area contributed by atoms with Crippen LogP contribution in [0.5, 0.6) is 0 Å². The molecule has 0 N–H and O–H groups in total. The fraction of sp³-hybridized carbons (Fsp3) is 0. The highest BCUT2D eigenvalue weighted by Crippen LogP contribution is 2.49. The summed E-state index contributed by atoms with van der Waals surface area (Å²) < 4.78 is 4.88. The third-order valence-corrected chi connectivity index (χ3v) is 14.2. The third kappa shape index (κ3) is 6.13. The van der Waals surface area contributed by atoms with Gasteiger partial charge in [0.25, 0.3) is 0 Å². The predicted molar refractivity (Wildman–Crippen MR) is 264 cm³/mol. The molecule has 3 aromatic heterocycles. The van der Waals surface area contributed by atoms with Crippen LogP contribution in [0.15, 0.2) is 212 Å². The lowest BCUT2D eigenvalue weighted by Gasteiger charge is -2.13. The van der Waals surface area contributed by atoms with Crippen molar-refractivity contribution in [2.24, 2.45) is 0 Å². The van der Waals surface area contributed by atoms with Crippen LogP contribution in [0.2, 0.25) is 0 Å². The summed E-state index contributed by atoms with van der Waals surface area (Å²) in [6.07, 6.45) is 0. The molecule has 0 aliphatic rings. The molecule has 0 radical (unpaired) electrons. The summed E-state index contributed by atoms with van der Waals surface area (Å²) in [5, 5.41) is 4.69. The molecule has 3 heterocycles. The molecular weight excluding hydrogens is 791 g/mol. The summed E-state index contributed by atoms with van der Waals surface area (Å²) in [6, 6.07) is 75.5. The summed E-state index contributed by atoms with van der Waals surface area (Å²) in [7, 11) is 0. The molecule has 3 nitrogen and oxygen atoms in total. The van der Waals surface area contributed by atoms with Crippen molar-refractivity contribution >= 4 is 63.0 Å². The Hall–Kier alpha value is -7.57. The van der Waals surface area contributed by atoms with Crippen molar-refractivity contribution in [1.29, 1.82) is 0 Å². The Balaban J connectivity index is 1.11. The lowest BCUT2D eigenvalue weighted by molar-refractivity contribution is 1.08. The van der Waals surface area contributed by atoms with Gasteiger partial charge in [0.2, 0.25) is 0 Å². The second-order valence-corrected chi connectivity index (χ2v) is 17.5. The van der Waals surface area contributed by atoms with Gasteiger partial charge in [0.1, 0.15) is 0 Å². The minimum atomic E-state index is 0.645. The van der Waals surface area contributed by atoms with Crippen LogP contribution in [0.1, 0.15) is 0 Å². The number of aromatic nitrogens is 3. The van der Waals surface area contributed by atoms with Gasteiger partial charge in [-0.3, -0.25) is 0 Å². The van der Waals surface area contributed by atoms with E-state index < -0.39 is 0 Å². The fourth-order valence-corrected chi connectivity index (χ4v) is 11.6. The standard InChI is InChI=1S/C57H35N3S2/c1-6-18-36(19-7-1)41-32-34-43-51-45(28-16-30-47(51)61-53(43)49(41)38-22-10-3-11-23-38)56-58-55(40-26-14-5-15-27-40)59-57(60-56)46-29-17-31-48-52(46)44-35-33-42(37-20-8-2-9-21-37)50(54(44)62-48)39-24-12-4-13-25-39/h1-35H. The molecule has 12 aromatic rings. The van der Waals surface area contributed by atoms with Crippen LogP contribution >= 0.6 is 22.7 Å². The summed E-state index contributed by atoms with van der Waals surface area (Å²) in [6.45, 7) is 0. The molecular formula is C57H35N3S2. The molecule has 12 rings (SSSR count). The van der Waals surface area contributed by atoms with Crippen LogP contribution in [-0.4, -0.2) is 15.0 Å². The Morgan fingerprint density at radius 3 is 1.02 bits per heavy atom. The maximum atomic E-state index is 5.45. The average molecular weight is 826 g/mol. The first-order valence-electron chi connectivity index (χ1n) is 20.8. The van der Waals surface area contributed by atoms with Gasteiger partial charge >= 0.3 is 0 Å². The number of hydrogen-bond donors (Lipinski definition) is 0. The number of fused-ring (bicyclic) bond motifs is 6. The molecule has 0 fully saturated rings. The molecule has 0 aliphatic heterocycles. The van der Waals surface area contributed by atoms with Crippen molar-refractivity contribution in [2.45, 2.75) is 0 Å². The zero-order valence-corrected chi connectivity index (χ0v) is 35.0. The Morgan fingerprint density at radius 1 is 0.258 bits per heavy atom. The van der Waals surface area contributed by atoms with Crippen LogP contribution in [0, 0.1) is 0 Å². The lowest BCUT2D eigenvalue weighted by Crippen LogP contribution is -2.00. The van der Waals surface area contributed by atoms with E-state index in [1.165, 1.54) is 74.1 Å². The second-order valence-electron chi connectivity index (χ2n) is 15.4. The van der Waals surface area contributed by atoms with E-state index in [0.717, 1.165) is 27.5 Å². The minimum Gasteiger partial charge on any atom is -0.208 e. The van der Waals surface area contributed by atoms with Gasteiger partial charge in [-0.1, -0.05) is 200 Å². The topological polar surface area (TPSA) is 38.7 Å². The van der Waals surface area contributed by atoms with Crippen molar-refractivity contribution in [2.75, 3.05) is 0 Å². The third-order valence-electron chi connectivity index (χ3n) is 11.8. The van der Waals surface area contributed by atoms with Crippen LogP contribution < -0.4 is 0 Å². The van der Waals surface area contributed by atoms with Crippen LogP contribution in [0.4, 0.5) is 0 Å². The van der Waals surface area contributed by atoms with Crippen LogP contribution in [-0.2, 0) is 0 Å². The Morgan fingerprint density at radius 2 is 0.613 bits per heavy atom. The van der Waals surface area contributed by atoms with Gasteiger partial charge in [0, 0.05) is 68.2 Å². The van der Waals surface area contributed by atoms with Gasteiger partial charge < -0.3 is 0 Å². The van der Waals surface area contributed by atoms with E-state index in [-0.39, 0.29) is 0 Å². The highest BCUT2D eigenvalue weighted by atomic mass is 32.1. The minimum absolute atomic E-state index is 0.645. The SMILES string of the molecule is c1ccc(-c2nc(-c3cccc4sc5c(-c6ccccc6)c(-c6ccccc6)ccc5c34)nc(-c3cccc4sc5c(-c6ccccc6)c(-c6ccccc6)ccc5c34)n2)cc1. The van der Waals surface area contributed by atoms with Crippen LogP contribution in [0.25, 0.3) is 119 Å². The van der Waals surface area contributed by atoms with Gasteiger partial charge in [-0.15, -0.1) is 22.7 Å². The maximum Gasteiger partial charge on any atom is 0.164 e. The monoisotopic (exact) mass is 825 g/mol. The van der Waals surface area contributed by atoms with Gasteiger partial charge in [-0.05, 0) is 45.5 Å². The highest BCUT2D eigenvalue weighted by Gasteiger charge is 2.23. The number of benzene rings is 9. The number of thiophene rings is 2. The number of nitrogens with zero attached hydrogens (tertiary/aromatic N) is 3. The van der Waals surface area contributed by atoms with Gasteiger partial charge in [0.05, 0.1) is 0 Å². The summed E-state index contributed by atoms with van der Waals surface area (Å²) >= 11 is 3.67. The van der Waals surface area contributed by atoms with Crippen LogP contribution in [0.3, 0.4) is 0 Å². The van der Waals surface area contributed by atoms with Crippen molar-refractivity contribution in [3.63, 3.8) is 0 Å². The highest BCUT2D eigenvalue weighted by molar-refractivity contribution is 7.27. The first kappa shape index (κ1) is 36.3. The Bertz CT molecular complexity index is 3380. The first-order valence-corrected chi connectivity index (χ1v) is 22.4. The van der Waals surface area contributed by atoms with Crippen molar-refractivity contribution in [3.05, 3.63) is 212 Å². The largest absolute Gasteiger partial charge is 0.208 e.